The van der Waals surface area contributed by atoms with Crippen LogP contribution < -0.4 is 15.0 Å². The molecule has 0 radical (unpaired) electrons. The SMILES string of the molecule is C=C(CNC1CC1)CN1C(=O)CCOc2ccccc21. The van der Waals surface area contributed by atoms with Crippen LogP contribution in [0.15, 0.2) is 36.4 Å². The van der Waals surface area contributed by atoms with Crippen LogP contribution in [0.3, 0.4) is 0 Å². The molecule has 2 aliphatic rings. The van der Waals surface area contributed by atoms with Crippen LogP contribution in [-0.4, -0.2) is 31.6 Å². The first-order chi connectivity index (χ1) is 9.74. The first-order valence-corrected chi connectivity index (χ1v) is 7.16. The maximum Gasteiger partial charge on any atom is 0.230 e. The van der Waals surface area contributed by atoms with Crippen molar-refractivity contribution < 1.29 is 9.53 Å². The van der Waals surface area contributed by atoms with Crippen molar-refractivity contribution in [2.24, 2.45) is 0 Å². The standard InChI is InChI=1S/C16H20N2O2/c1-12(10-17-13-6-7-13)11-18-14-4-2-3-5-15(14)20-9-8-16(18)19/h2-5,13,17H,1,6-11H2. The molecule has 20 heavy (non-hydrogen) atoms. The summed E-state index contributed by atoms with van der Waals surface area (Å²) in [5, 5.41) is 3.43. The number of para-hydroxylation sites is 2. The topological polar surface area (TPSA) is 41.6 Å². The average Bonchev–Trinajstić information content (AvgIpc) is 3.27. The molecule has 0 aromatic heterocycles. The van der Waals surface area contributed by atoms with Crippen molar-refractivity contribution in [2.45, 2.75) is 25.3 Å². The molecular formula is C16H20N2O2. The van der Waals surface area contributed by atoms with Crippen molar-refractivity contribution in [3.05, 3.63) is 36.4 Å². The number of rotatable bonds is 5. The van der Waals surface area contributed by atoms with Crippen LogP contribution in [0.2, 0.25) is 0 Å². The molecule has 1 amide bonds. The lowest BCUT2D eigenvalue weighted by molar-refractivity contribution is -0.118. The highest BCUT2D eigenvalue weighted by Crippen LogP contribution is 2.31. The zero-order chi connectivity index (χ0) is 13.9. The molecule has 1 aliphatic carbocycles. The third kappa shape index (κ3) is 3.02. The number of anilines is 1. The molecule has 1 saturated carbocycles. The summed E-state index contributed by atoms with van der Waals surface area (Å²) in [5.41, 5.74) is 1.88. The molecule has 4 nitrogen and oxygen atoms in total. The Kier molecular flexibility index (Phi) is 3.74. The number of amides is 1. The molecule has 1 aromatic carbocycles. The van der Waals surface area contributed by atoms with E-state index in [1.165, 1.54) is 12.8 Å². The van der Waals surface area contributed by atoms with Gasteiger partial charge in [-0.15, -0.1) is 0 Å². The molecule has 0 atom stereocenters. The van der Waals surface area contributed by atoms with Crippen molar-refractivity contribution in [2.75, 3.05) is 24.6 Å². The Hall–Kier alpha value is -1.81. The molecule has 4 heteroatoms. The van der Waals surface area contributed by atoms with E-state index in [0.29, 0.717) is 25.6 Å². The first-order valence-electron chi connectivity index (χ1n) is 7.16. The third-order valence-corrected chi connectivity index (χ3v) is 3.63. The number of ether oxygens (including phenoxy) is 1. The second-order valence-corrected chi connectivity index (χ2v) is 5.45. The summed E-state index contributed by atoms with van der Waals surface area (Å²) in [4.78, 5) is 14.0. The van der Waals surface area contributed by atoms with Gasteiger partial charge in [-0.2, -0.15) is 0 Å². The minimum absolute atomic E-state index is 0.0996. The summed E-state index contributed by atoms with van der Waals surface area (Å²) in [7, 11) is 0. The predicted octanol–water partition coefficient (Wildman–Crippen LogP) is 2.11. The lowest BCUT2D eigenvalue weighted by Gasteiger charge is -2.23. The second-order valence-electron chi connectivity index (χ2n) is 5.45. The van der Waals surface area contributed by atoms with Gasteiger partial charge in [-0.1, -0.05) is 18.7 Å². The van der Waals surface area contributed by atoms with Gasteiger partial charge in [0.05, 0.1) is 18.7 Å². The Labute approximate surface area is 119 Å². The summed E-state index contributed by atoms with van der Waals surface area (Å²) in [6.45, 7) is 5.86. The zero-order valence-electron chi connectivity index (χ0n) is 11.6. The van der Waals surface area contributed by atoms with E-state index in [2.05, 4.69) is 11.9 Å². The Bertz CT molecular complexity index is 523. The van der Waals surface area contributed by atoms with Crippen molar-refractivity contribution in [1.29, 1.82) is 0 Å². The fourth-order valence-electron chi connectivity index (χ4n) is 2.35. The van der Waals surface area contributed by atoms with Gasteiger partial charge in [-0.05, 0) is 30.5 Å². The van der Waals surface area contributed by atoms with E-state index in [4.69, 9.17) is 4.74 Å². The molecule has 1 aromatic rings. The maximum atomic E-state index is 12.2. The van der Waals surface area contributed by atoms with Gasteiger partial charge >= 0.3 is 0 Å². The number of benzene rings is 1. The normalized spacial score (nSPS) is 18.2. The van der Waals surface area contributed by atoms with Crippen LogP contribution in [0, 0.1) is 0 Å². The third-order valence-electron chi connectivity index (χ3n) is 3.63. The highest BCUT2D eigenvalue weighted by Gasteiger charge is 2.24. The van der Waals surface area contributed by atoms with Gasteiger partial charge < -0.3 is 15.0 Å². The van der Waals surface area contributed by atoms with E-state index < -0.39 is 0 Å². The van der Waals surface area contributed by atoms with Crippen LogP contribution in [0.1, 0.15) is 19.3 Å². The largest absolute Gasteiger partial charge is 0.491 e. The van der Waals surface area contributed by atoms with Crippen LogP contribution in [-0.2, 0) is 4.79 Å². The highest BCUT2D eigenvalue weighted by molar-refractivity contribution is 5.96. The average molecular weight is 272 g/mol. The lowest BCUT2D eigenvalue weighted by atomic mass is 10.2. The molecule has 0 unspecified atom stereocenters. The molecular weight excluding hydrogens is 252 g/mol. The van der Waals surface area contributed by atoms with E-state index in [9.17, 15) is 4.79 Å². The van der Waals surface area contributed by atoms with Gasteiger partial charge in [0.2, 0.25) is 5.91 Å². The lowest BCUT2D eigenvalue weighted by Crippen LogP contribution is -2.34. The number of fused-ring (bicyclic) bond motifs is 1. The van der Waals surface area contributed by atoms with Crippen LogP contribution in [0.4, 0.5) is 5.69 Å². The van der Waals surface area contributed by atoms with Crippen LogP contribution >= 0.6 is 0 Å². The second kappa shape index (κ2) is 5.67. The Morgan fingerprint density at radius 1 is 1.40 bits per heavy atom. The van der Waals surface area contributed by atoms with Crippen molar-refractivity contribution >= 4 is 11.6 Å². The van der Waals surface area contributed by atoms with Crippen molar-refractivity contribution in [1.82, 2.24) is 5.32 Å². The van der Waals surface area contributed by atoms with E-state index in [1.807, 2.05) is 24.3 Å². The first kappa shape index (κ1) is 13.2. The Morgan fingerprint density at radius 2 is 2.20 bits per heavy atom. The summed E-state index contributed by atoms with van der Waals surface area (Å²) < 4.78 is 5.63. The van der Waals surface area contributed by atoms with Gasteiger partial charge in [-0.3, -0.25) is 4.79 Å². The van der Waals surface area contributed by atoms with Gasteiger partial charge in [0.1, 0.15) is 5.75 Å². The number of nitrogens with one attached hydrogen (secondary N) is 1. The minimum Gasteiger partial charge on any atom is -0.491 e. The molecule has 106 valence electrons. The number of hydrogen-bond acceptors (Lipinski definition) is 3. The fourth-order valence-corrected chi connectivity index (χ4v) is 2.35. The smallest absolute Gasteiger partial charge is 0.230 e. The van der Waals surface area contributed by atoms with Crippen molar-refractivity contribution in [3.8, 4) is 5.75 Å². The predicted molar refractivity (Wildman–Crippen MR) is 79.1 cm³/mol. The number of carbonyl (C=O) groups excluding carboxylic acids is 1. The van der Waals surface area contributed by atoms with E-state index >= 15 is 0 Å². The summed E-state index contributed by atoms with van der Waals surface area (Å²) in [6.07, 6.45) is 2.93. The van der Waals surface area contributed by atoms with E-state index in [1.54, 1.807) is 4.90 Å². The number of carbonyl (C=O) groups is 1. The van der Waals surface area contributed by atoms with Gasteiger partial charge in [-0.25, -0.2) is 0 Å². The molecule has 1 heterocycles. The van der Waals surface area contributed by atoms with Gasteiger partial charge in [0, 0.05) is 19.1 Å². The molecule has 1 fully saturated rings. The highest BCUT2D eigenvalue weighted by atomic mass is 16.5. The summed E-state index contributed by atoms with van der Waals surface area (Å²) in [5.74, 6) is 0.879. The summed E-state index contributed by atoms with van der Waals surface area (Å²) >= 11 is 0. The molecule has 0 saturated heterocycles. The summed E-state index contributed by atoms with van der Waals surface area (Å²) in [6, 6.07) is 8.35. The maximum absolute atomic E-state index is 12.2. The Balaban J connectivity index is 1.71. The molecule has 3 rings (SSSR count). The number of nitrogens with zero attached hydrogens (tertiary/aromatic N) is 1. The minimum atomic E-state index is 0.0996. The van der Waals surface area contributed by atoms with E-state index in [0.717, 1.165) is 23.6 Å². The molecule has 0 bridgehead atoms. The Morgan fingerprint density at radius 3 is 3.00 bits per heavy atom. The van der Waals surface area contributed by atoms with Crippen LogP contribution in [0.25, 0.3) is 0 Å². The quantitative estimate of drug-likeness (QED) is 0.835. The molecule has 0 spiro atoms. The van der Waals surface area contributed by atoms with Crippen molar-refractivity contribution in [3.63, 3.8) is 0 Å². The number of hydrogen-bond donors (Lipinski definition) is 1. The van der Waals surface area contributed by atoms with Crippen LogP contribution in [0.5, 0.6) is 5.75 Å². The van der Waals surface area contributed by atoms with E-state index in [-0.39, 0.29) is 5.91 Å². The monoisotopic (exact) mass is 272 g/mol. The van der Waals surface area contributed by atoms with Gasteiger partial charge in [0.25, 0.3) is 0 Å². The molecule has 1 aliphatic heterocycles. The van der Waals surface area contributed by atoms with Gasteiger partial charge in [0.15, 0.2) is 0 Å². The fraction of sp³-hybridized carbons (Fsp3) is 0.438. The molecule has 1 N–H and O–H groups in total. The zero-order valence-corrected chi connectivity index (χ0v) is 11.6.